The van der Waals surface area contributed by atoms with Gasteiger partial charge >= 0.3 is 0 Å². The Morgan fingerprint density at radius 3 is 2.68 bits per heavy atom. The van der Waals surface area contributed by atoms with Crippen molar-refractivity contribution in [3.63, 3.8) is 0 Å². The molecule has 25 heavy (non-hydrogen) atoms. The number of ether oxygens (including phenoxy) is 1. The predicted molar refractivity (Wildman–Crippen MR) is 99.1 cm³/mol. The first-order valence-corrected chi connectivity index (χ1v) is 12.1. The van der Waals surface area contributed by atoms with Crippen molar-refractivity contribution < 1.29 is 9.15 Å². The third-order valence-corrected chi connectivity index (χ3v) is 5.74. The van der Waals surface area contributed by atoms with Gasteiger partial charge in [0.25, 0.3) is 5.56 Å². The number of rotatable bonds is 7. The van der Waals surface area contributed by atoms with E-state index in [1.165, 1.54) is 4.57 Å². The molecule has 0 fully saturated rings. The van der Waals surface area contributed by atoms with E-state index in [0.29, 0.717) is 23.8 Å². The smallest absolute Gasteiger partial charge is 0.270 e. The zero-order chi connectivity index (χ0) is 18.6. The zero-order valence-electron chi connectivity index (χ0n) is 15.5. The van der Waals surface area contributed by atoms with E-state index in [2.05, 4.69) is 24.6 Å². The Bertz CT molecular complexity index is 841. The number of oxazole rings is 1. The van der Waals surface area contributed by atoms with E-state index in [9.17, 15) is 10.1 Å². The molecule has 6 nitrogen and oxygen atoms in total. The van der Waals surface area contributed by atoms with Crippen LogP contribution in [0.15, 0.2) is 21.5 Å². The van der Waals surface area contributed by atoms with Crippen LogP contribution in [0.1, 0.15) is 23.9 Å². The van der Waals surface area contributed by atoms with Crippen molar-refractivity contribution >= 4 is 8.07 Å². The van der Waals surface area contributed by atoms with Crippen LogP contribution in [0.25, 0.3) is 11.5 Å². The van der Waals surface area contributed by atoms with Crippen LogP contribution >= 0.6 is 0 Å². The normalized spacial score (nSPS) is 11.5. The second-order valence-electron chi connectivity index (χ2n) is 7.25. The predicted octanol–water partition coefficient (Wildman–Crippen LogP) is 3.56. The Morgan fingerprint density at radius 1 is 1.40 bits per heavy atom. The molecule has 134 valence electrons. The molecule has 2 aromatic rings. The number of aromatic nitrogens is 2. The molecule has 0 bridgehead atoms. The van der Waals surface area contributed by atoms with Crippen molar-refractivity contribution in [3.8, 4) is 17.5 Å². The van der Waals surface area contributed by atoms with Crippen LogP contribution in [-0.2, 0) is 17.9 Å². The van der Waals surface area contributed by atoms with Crippen LogP contribution < -0.4 is 5.56 Å². The first-order valence-electron chi connectivity index (χ1n) is 8.44. The minimum Gasteiger partial charge on any atom is -0.444 e. The van der Waals surface area contributed by atoms with Gasteiger partial charge in [0.05, 0.1) is 11.3 Å². The average molecular weight is 360 g/mol. The first-order chi connectivity index (χ1) is 11.8. The van der Waals surface area contributed by atoms with Gasteiger partial charge < -0.3 is 9.15 Å². The highest BCUT2D eigenvalue weighted by molar-refractivity contribution is 6.76. The van der Waals surface area contributed by atoms with Crippen LogP contribution in [0.3, 0.4) is 0 Å². The second-order valence-corrected chi connectivity index (χ2v) is 12.9. The minimum atomic E-state index is -1.20. The maximum Gasteiger partial charge on any atom is 0.270 e. The lowest BCUT2D eigenvalue weighted by Crippen LogP contribution is -2.28. The third-order valence-electron chi connectivity index (χ3n) is 4.04. The number of nitrogens with zero attached hydrogens (tertiary/aromatic N) is 3. The van der Waals surface area contributed by atoms with Gasteiger partial charge in [-0.25, -0.2) is 4.98 Å². The lowest BCUT2D eigenvalue weighted by molar-refractivity contribution is 0.0834. The molecule has 7 heteroatoms. The highest BCUT2D eigenvalue weighted by Crippen LogP contribution is 2.23. The fourth-order valence-electron chi connectivity index (χ4n) is 2.33. The highest BCUT2D eigenvalue weighted by Gasteiger charge is 2.17. The van der Waals surface area contributed by atoms with Crippen molar-refractivity contribution in [1.82, 2.24) is 9.55 Å². The Balaban J connectivity index is 2.34. The summed E-state index contributed by atoms with van der Waals surface area (Å²) < 4.78 is 12.7. The van der Waals surface area contributed by atoms with E-state index < -0.39 is 8.07 Å². The number of nitriles is 1. The topological polar surface area (TPSA) is 81.0 Å². The molecule has 2 rings (SSSR count). The van der Waals surface area contributed by atoms with Crippen molar-refractivity contribution in [2.45, 2.75) is 52.7 Å². The number of aryl methyl sites for hydroxylation is 1. The van der Waals surface area contributed by atoms with Crippen LogP contribution in [0, 0.1) is 18.3 Å². The fourth-order valence-corrected chi connectivity index (χ4v) is 3.09. The van der Waals surface area contributed by atoms with Crippen molar-refractivity contribution in [3.05, 3.63) is 39.6 Å². The summed E-state index contributed by atoms with van der Waals surface area (Å²) in [5.74, 6) is 0.418. The van der Waals surface area contributed by atoms with Gasteiger partial charge in [-0.3, -0.25) is 9.36 Å². The number of hydrogen-bond acceptors (Lipinski definition) is 5. The van der Waals surface area contributed by atoms with Gasteiger partial charge in [0, 0.05) is 20.4 Å². The summed E-state index contributed by atoms with van der Waals surface area (Å²) in [6, 6.07) is 4.52. The monoisotopic (exact) mass is 359 g/mol. The van der Waals surface area contributed by atoms with Gasteiger partial charge in [0.15, 0.2) is 0 Å². The lowest BCUT2D eigenvalue weighted by Gasteiger charge is -2.17. The van der Waals surface area contributed by atoms with Crippen molar-refractivity contribution in [2.75, 3.05) is 6.61 Å². The van der Waals surface area contributed by atoms with Gasteiger partial charge in [-0.2, -0.15) is 5.26 Å². The molecule has 0 saturated heterocycles. The standard InChI is InChI=1S/C18H25N3O3Si/c1-6-15-11-24-17(20-15)16-9-14(10-19)18(22)21(13(16)2)12-23-7-8-25(3,4)5/h9,11H,6-8,12H2,1-5H3. The van der Waals surface area contributed by atoms with E-state index in [-0.39, 0.29) is 17.9 Å². The molecule has 0 radical (unpaired) electrons. The summed E-state index contributed by atoms with van der Waals surface area (Å²) in [5.41, 5.74) is 1.87. The molecule has 0 aromatic carbocycles. The first kappa shape index (κ1) is 19.2. The summed E-state index contributed by atoms with van der Waals surface area (Å²) in [5, 5.41) is 9.29. The van der Waals surface area contributed by atoms with E-state index >= 15 is 0 Å². The molecule has 0 saturated carbocycles. The molecule has 0 aliphatic carbocycles. The van der Waals surface area contributed by atoms with Crippen LogP contribution in [0.5, 0.6) is 0 Å². The molecule has 0 aliphatic rings. The van der Waals surface area contributed by atoms with E-state index in [1.807, 2.05) is 19.9 Å². The second kappa shape index (κ2) is 7.81. The quantitative estimate of drug-likeness (QED) is 0.558. The van der Waals surface area contributed by atoms with Gasteiger partial charge in [-0.15, -0.1) is 0 Å². The molecule has 0 atom stereocenters. The maximum atomic E-state index is 12.5. The summed E-state index contributed by atoms with van der Waals surface area (Å²) in [6.45, 7) is 11.4. The molecule has 0 spiro atoms. The van der Waals surface area contributed by atoms with E-state index in [1.54, 1.807) is 12.3 Å². The molecule has 0 amide bonds. The minimum absolute atomic E-state index is 0.0608. The molecular weight excluding hydrogens is 334 g/mol. The van der Waals surface area contributed by atoms with Crippen LogP contribution in [0.2, 0.25) is 25.7 Å². The van der Waals surface area contributed by atoms with E-state index in [0.717, 1.165) is 18.2 Å². The van der Waals surface area contributed by atoms with Gasteiger partial charge in [0.1, 0.15) is 24.6 Å². The summed E-state index contributed by atoms with van der Waals surface area (Å²) in [7, 11) is -1.20. The van der Waals surface area contributed by atoms with Crippen molar-refractivity contribution in [1.29, 1.82) is 5.26 Å². The third kappa shape index (κ3) is 4.68. The van der Waals surface area contributed by atoms with Gasteiger partial charge in [-0.1, -0.05) is 26.6 Å². The van der Waals surface area contributed by atoms with Gasteiger partial charge in [-0.05, 0) is 25.5 Å². The van der Waals surface area contributed by atoms with Gasteiger partial charge in [0.2, 0.25) is 5.89 Å². The Morgan fingerprint density at radius 2 is 2.12 bits per heavy atom. The molecule has 2 heterocycles. The molecule has 0 aliphatic heterocycles. The lowest BCUT2D eigenvalue weighted by atomic mass is 10.1. The number of hydrogen-bond donors (Lipinski definition) is 0. The number of pyridine rings is 1. The fraction of sp³-hybridized carbons (Fsp3) is 0.500. The Hall–Kier alpha value is -2.17. The summed E-state index contributed by atoms with van der Waals surface area (Å²) in [6.07, 6.45) is 2.35. The largest absolute Gasteiger partial charge is 0.444 e. The van der Waals surface area contributed by atoms with Crippen LogP contribution in [-0.4, -0.2) is 24.2 Å². The van der Waals surface area contributed by atoms with E-state index in [4.69, 9.17) is 9.15 Å². The maximum absolute atomic E-state index is 12.5. The summed E-state index contributed by atoms with van der Waals surface area (Å²) >= 11 is 0. The molecule has 0 N–H and O–H groups in total. The molecule has 0 unspecified atom stereocenters. The Labute approximate surface area is 149 Å². The van der Waals surface area contributed by atoms with Crippen LogP contribution in [0.4, 0.5) is 0 Å². The Kier molecular flexibility index (Phi) is 5.98. The molecule has 2 aromatic heterocycles. The summed E-state index contributed by atoms with van der Waals surface area (Å²) in [4.78, 5) is 16.9. The highest BCUT2D eigenvalue weighted by atomic mass is 28.3. The molecular formula is C18H25N3O3Si. The zero-order valence-corrected chi connectivity index (χ0v) is 16.5. The average Bonchev–Trinajstić information content (AvgIpc) is 3.02. The SMILES string of the molecule is CCc1coc(-c2cc(C#N)c(=O)n(COCC[Si](C)(C)C)c2C)n1. The van der Waals surface area contributed by atoms with Crippen molar-refractivity contribution in [2.24, 2.45) is 0 Å².